The summed E-state index contributed by atoms with van der Waals surface area (Å²) >= 11 is 1.37. The molecule has 1 aromatic rings. The van der Waals surface area contributed by atoms with Crippen molar-refractivity contribution in [1.29, 1.82) is 0 Å². The van der Waals surface area contributed by atoms with Crippen molar-refractivity contribution >= 4 is 23.2 Å². The van der Waals surface area contributed by atoms with E-state index in [4.69, 9.17) is 4.74 Å². The fourth-order valence-electron chi connectivity index (χ4n) is 1.98. The molecular formula is C12H16N2O4S. The average Bonchev–Trinajstić information content (AvgIpc) is 2.76. The van der Waals surface area contributed by atoms with Crippen LogP contribution in [0.3, 0.4) is 0 Å². The van der Waals surface area contributed by atoms with Crippen molar-refractivity contribution in [3.05, 3.63) is 15.6 Å². The van der Waals surface area contributed by atoms with E-state index in [2.05, 4.69) is 9.72 Å². The minimum Gasteiger partial charge on any atom is -0.467 e. The Balaban J connectivity index is 2.11. The molecule has 0 N–H and O–H groups in total. The quantitative estimate of drug-likeness (QED) is 0.750. The second kappa shape index (κ2) is 5.66. The van der Waals surface area contributed by atoms with Crippen LogP contribution in [0.5, 0.6) is 0 Å². The van der Waals surface area contributed by atoms with E-state index >= 15 is 0 Å². The predicted octanol–water partition coefficient (Wildman–Crippen LogP) is 0.774. The van der Waals surface area contributed by atoms with Crippen LogP contribution < -0.4 is 0 Å². The number of hydrogen-bond donors (Lipinski definition) is 0. The highest BCUT2D eigenvalue weighted by atomic mass is 32.1. The van der Waals surface area contributed by atoms with Crippen LogP contribution in [0.15, 0.2) is 0 Å². The number of carbonyl (C=O) groups excluding carboxylic acids is 2. The Labute approximate surface area is 115 Å². The van der Waals surface area contributed by atoms with E-state index in [0.717, 1.165) is 10.7 Å². The van der Waals surface area contributed by atoms with Crippen LogP contribution in [-0.4, -0.2) is 54.7 Å². The third-order valence-corrected chi connectivity index (χ3v) is 3.98. The third kappa shape index (κ3) is 2.93. The van der Waals surface area contributed by atoms with Crippen molar-refractivity contribution in [1.82, 2.24) is 9.88 Å². The van der Waals surface area contributed by atoms with Crippen molar-refractivity contribution in [3.8, 4) is 0 Å². The van der Waals surface area contributed by atoms with Gasteiger partial charge in [-0.3, -0.25) is 4.79 Å². The van der Waals surface area contributed by atoms with Crippen LogP contribution in [0, 0.1) is 13.8 Å². The van der Waals surface area contributed by atoms with Gasteiger partial charge in [0.1, 0.15) is 4.88 Å². The Morgan fingerprint density at radius 2 is 2.21 bits per heavy atom. The Hall–Kier alpha value is -1.47. The van der Waals surface area contributed by atoms with E-state index < -0.39 is 12.1 Å². The van der Waals surface area contributed by atoms with E-state index in [9.17, 15) is 9.59 Å². The van der Waals surface area contributed by atoms with E-state index in [1.54, 1.807) is 4.90 Å². The first-order chi connectivity index (χ1) is 9.02. The van der Waals surface area contributed by atoms with Gasteiger partial charge in [-0.25, -0.2) is 9.78 Å². The summed E-state index contributed by atoms with van der Waals surface area (Å²) in [5.74, 6) is -0.546. The molecule has 1 saturated heterocycles. The minimum atomic E-state index is -0.697. The lowest BCUT2D eigenvalue weighted by Gasteiger charge is -2.31. The van der Waals surface area contributed by atoms with Gasteiger partial charge in [-0.2, -0.15) is 0 Å². The lowest BCUT2D eigenvalue weighted by Crippen LogP contribution is -2.48. The topological polar surface area (TPSA) is 68.7 Å². The molecule has 1 unspecified atom stereocenters. The van der Waals surface area contributed by atoms with Gasteiger partial charge in [-0.15, -0.1) is 11.3 Å². The summed E-state index contributed by atoms with van der Waals surface area (Å²) in [7, 11) is 1.31. The molecule has 0 spiro atoms. The van der Waals surface area contributed by atoms with Crippen LogP contribution in [0.25, 0.3) is 0 Å². The molecule has 0 saturated carbocycles. The van der Waals surface area contributed by atoms with Crippen LogP contribution in [0.4, 0.5) is 0 Å². The minimum absolute atomic E-state index is 0.0969. The summed E-state index contributed by atoms with van der Waals surface area (Å²) in [5, 5.41) is 0.860. The molecule has 2 rings (SSSR count). The van der Waals surface area contributed by atoms with E-state index in [-0.39, 0.29) is 12.5 Å². The number of aryl methyl sites for hydroxylation is 2. The number of methoxy groups -OCH3 is 1. The fraction of sp³-hybridized carbons (Fsp3) is 0.583. The van der Waals surface area contributed by atoms with Gasteiger partial charge in [0, 0.05) is 6.54 Å². The van der Waals surface area contributed by atoms with Gasteiger partial charge >= 0.3 is 5.97 Å². The normalized spacial score (nSPS) is 19.3. The fourth-order valence-corrected chi connectivity index (χ4v) is 2.87. The molecule has 0 radical (unpaired) electrons. The maximum atomic E-state index is 12.4. The average molecular weight is 284 g/mol. The molecule has 19 heavy (non-hydrogen) atoms. The van der Waals surface area contributed by atoms with E-state index in [1.165, 1.54) is 18.4 Å². The van der Waals surface area contributed by atoms with Crippen molar-refractivity contribution < 1.29 is 19.1 Å². The number of ether oxygens (including phenoxy) is 2. The zero-order chi connectivity index (χ0) is 14.0. The van der Waals surface area contributed by atoms with Gasteiger partial charge in [0.15, 0.2) is 6.10 Å². The van der Waals surface area contributed by atoms with Crippen LogP contribution in [0.1, 0.15) is 20.4 Å². The van der Waals surface area contributed by atoms with E-state index in [0.29, 0.717) is 18.0 Å². The molecular weight excluding hydrogens is 268 g/mol. The number of nitrogens with zero attached hydrogens (tertiary/aromatic N) is 2. The molecule has 6 nitrogen and oxygen atoms in total. The largest absolute Gasteiger partial charge is 0.467 e. The zero-order valence-corrected chi connectivity index (χ0v) is 12.0. The number of morpholine rings is 1. The lowest BCUT2D eigenvalue weighted by molar-refractivity contribution is -0.158. The standard InChI is InChI=1S/C12H16N2O4S/c1-7-10(19-8(2)13-7)11(15)14-4-5-18-9(6-14)12(16)17-3/h9H,4-6H2,1-3H3. The highest BCUT2D eigenvalue weighted by molar-refractivity contribution is 7.13. The first-order valence-electron chi connectivity index (χ1n) is 5.95. The molecule has 1 fully saturated rings. The van der Waals surface area contributed by atoms with Gasteiger partial charge < -0.3 is 14.4 Å². The molecule has 2 heterocycles. The van der Waals surface area contributed by atoms with E-state index in [1.807, 2.05) is 13.8 Å². The van der Waals surface area contributed by atoms with Crippen molar-refractivity contribution in [3.63, 3.8) is 0 Å². The zero-order valence-electron chi connectivity index (χ0n) is 11.1. The van der Waals surface area contributed by atoms with Gasteiger partial charge in [0.2, 0.25) is 0 Å². The number of rotatable bonds is 2. The first kappa shape index (κ1) is 14.0. The number of aromatic nitrogens is 1. The number of thiazole rings is 1. The van der Waals surface area contributed by atoms with Crippen molar-refractivity contribution in [2.24, 2.45) is 0 Å². The molecule has 1 amide bonds. The molecule has 1 aliphatic heterocycles. The van der Waals surface area contributed by atoms with Crippen LogP contribution >= 0.6 is 11.3 Å². The first-order valence-corrected chi connectivity index (χ1v) is 6.77. The van der Waals surface area contributed by atoms with Crippen LogP contribution in [-0.2, 0) is 14.3 Å². The Bertz CT molecular complexity index is 500. The predicted molar refractivity (Wildman–Crippen MR) is 69.2 cm³/mol. The monoisotopic (exact) mass is 284 g/mol. The smallest absolute Gasteiger partial charge is 0.336 e. The molecule has 1 atom stereocenters. The summed E-state index contributed by atoms with van der Waals surface area (Å²) in [6.07, 6.45) is -0.697. The maximum Gasteiger partial charge on any atom is 0.336 e. The summed E-state index contributed by atoms with van der Waals surface area (Å²) in [6, 6.07) is 0. The van der Waals surface area contributed by atoms with Crippen molar-refractivity contribution in [2.45, 2.75) is 20.0 Å². The maximum absolute atomic E-state index is 12.4. The number of esters is 1. The second-order valence-electron chi connectivity index (χ2n) is 4.28. The number of amides is 1. The van der Waals surface area contributed by atoms with Crippen LogP contribution in [0.2, 0.25) is 0 Å². The summed E-state index contributed by atoms with van der Waals surface area (Å²) in [5.41, 5.74) is 0.730. The van der Waals surface area contributed by atoms with Gasteiger partial charge in [-0.05, 0) is 13.8 Å². The molecule has 104 valence electrons. The van der Waals surface area contributed by atoms with Gasteiger partial charge in [0.05, 0.1) is 31.0 Å². The Morgan fingerprint density at radius 1 is 1.47 bits per heavy atom. The molecule has 0 aliphatic carbocycles. The Morgan fingerprint density at radius 3 is 2.79 bits per heavy atom. The Kier molecular flexibility index (Phi) is 4.16. The molecule has 0 bridgehead atoms. The molecule has 1 aromatic heterocycles. The lowest BCUT2D eigenvalue weighted by atomic mass is 10.2. The summed E-state index contributed by atoms with van der Waals surface area (Å²) in [4.78, 5) is 30.3. The second-order valence-corrected chi connectivity index (χ2v) is 5.48. The summed E-state index contributed by atoms with van der Waals surface area (Å²) < 4.78 is 9.94. The highest BCUT2D eigenvalue weighted by Crippen LogP contribution is 2.20. The number of hydrogen-bond acceptors (Lipinski definition) is 6. The molecule has 0 aromatic carbocycles. The van der Waals surface area contributed by atoms with Crippen molar-refractivity contribution in [2.75, 3.05) is 26.8 Å². The molecule has 1 aliphatic rings. The third-order valence-electron chi connectivity index (χ3n) is 2.92. The van der Waals surface area contributed by atoms with Gasteiger partial charge in [-0.1, -0.05) is 0 Å². The molecule has 7 heteroatoms. The van der Waals surface area contributed by atoms with Gasteiger partial charge in [0.25, 0.3) is 5.91 Å². The summed E-state index contributed by atoms with van der Waals surface area (Å²) in [6.45, 7) is 4.72. The highest BCUT2D eigenvalue weighted by Gasteiger charge is 2.31. The SMILES string of the molecule is COC(=O)C1CN(C(=O)c2sc(C)nc2C)CCO1. The number of carbonyl (C=O) groups is 2.